The molecule has 0 bridgehead atoms. The Morgan fingerprint density at radius 3 is 2.55 bits per heavy atom. The van der Waals surface area contributed by atoms with Crippen LogP contribution in [0.15, 0.2) is 54.7 Å². The first kappa shape index (κ1) is 22.2. The smallest absolute Gasteiger partial charge is 0.317 e. The number of benzene rings is 2. The quantitative estimate of drug-likeness (QED) is 0.538. The Morgan fingerprint density at radius 1 is 1.00 bits per heavy atom. The lowest BCUT2D eigenvalue weighted by Gasteiger charge is -2.34. The van der Waals surface area contributed by atoms with Crippen molar-refractivity contribution in [3.05, 3.63) is 60.3 Å². The highest BCUT2D eigenvalue weighted by atomic mass is 16.5. The molecule has 4 rings (SSSR count). The summed E-state index contributed by atoms with van der Waals surface area (Å²) in [7, 11) is 1.56. The van der Waals surface area contributed by atoms with Gasteiger partial charge in [-0.3, -0.25) is 9.59 Å². The minimum atomic E-state index is -0.233. The van der Waals surface area contributed by atoms with E-state index in [4.69, 9.17) is 4.74 Å². The van der Waals surface area contributed by atoms with E-state index >= 15 is 0 Å². The van der Waals surface area contributed by atoms with Crippen molar-refractivity contribution in [2.45, 2.75) is 6.42 Å². The number of aromatic amines is 1. The van der Waals surface area contributed by atoms with Crippen LogP contribution in [0.5, 0.6) is 5.75 Å². The molecule has 1 fully saturated rings. The van der Waals surface area contributed by atoms with E-state index in [1.165, 1.54) is 0 Å². The lowest BCUT2D eigenvalue weighted by molar-refractivity contribution is -0.116. The van der Waals surface area contributed by atoms with Gasteiger partial charge in [-0.05, 0) is 18.2 Å². The second-order valence-corrected chi connectivity index (χ2v) is 7.79. The predicted octanol–water partition coefficient (Wildman–Crippen LogP) is 2.67. The molecule has 4 amide bonds. The Bertz CT molecular complexity index is 1150. The number of carbonyl (C=O) groups is 3. The van der Waals surface area contributed by atoms with Gasteiger partial charge in [0.2, 0.25) is 5.91 Å². The molecule has 0 atom stereocenters. The number of hydrogen-bond donors (Lipinski definition) is 3. The number of amides is 4. The van der Waals surface area contributed by atoms with E-state index in [-0.39, 0.29) is 30.8 Å². The molecule has 0 radical (unpaired) electrons. The van der Waals surface area contributed by atoms with Crippen LogP contribution in [-0.2, 0) is 4.79 Å². The van der Waals surface area contributed by atoms with Crippen molar-refractivity contribution in [3.8, 4) is 5.75 Å². The number of nitrogens with zero attached hydrogens (tertiary/aromatic N) is 2. The number of methoxy groups -OCH3 is 1. The van der Waals surface area contributed by atoms with E-state index in [9.17, 15) is 14.4 Å². The topological polar surface area (TPSA) is 107 Å². The molecule has 9 nitrogen and oxygen atoms in total. The highest BCUT2D eigenvalue weighted by molar-refractivity contribution is 6.06. The molecule has 2 aromatic carbocycles. The second kappa shape index (κ2) is 10.1. The summed E-state index contributed by atoms with van der Waals surface area (Å²) in [5.41, 5.74) is 2.21. The maximum Gasteiger partial charge on any atom is 0.317 e. The largest absolute Gasteiger partial charge is 0.497 e. The van der Waals surface area contributed by atoms with Gasteiger partial charge in [0.05, 0.1) is 12.7 Å². The van der Waals surface area contributed by atoms with Crippen LogP contribution >= 0.6 is 0 Å². The fraction of sp³-hybridized carbons (Fsp3) is 0.292. The number of ether oxygens (including phenoxy) is 1. The molecule has 1 aromatic heterocycles. The van der Waals surface area contributed by atoms with Gasteiger partial charge in [0, 0.05) is 68.0 Å². The molecule has 172 valence electrons. The van der Waals surface area contributed by atoms with E-state index in [2.05, 4.69) is 15.6 Å². The molecule has 33 heavy (non-hydrogen) atoms. The van der Waals surface area contributed by atoms with Crippen molar-refractivity contribution in [2.24, 2.45) is 0 Å². The summed E-state index contributed by atoms with van der Waals surface area (Å²) < 4.78 is 5.14. The maximum absolute atomic E-state index is 12.9. The number of carbonyl (C=O) groups excluding carboxylic acids is 3. The first-order chi connectivity index (χ1) is 16.0. The number of H-pyrrole nitrogens is 1. The summed E-state index contributed by atoms with van der Waals surface area (Å²) in [6.45, 7) is 2.03. The van der Waals surface area contributed by atoms with Gasteiger partial charge in [-0.1, -0.05) is 24.3 Å². The monoisotopic (exact) mass is 449 g/mol. The van der Waals surface area contributed by atoms with Gasteiger partial charge in [-0.25, -0.2) is 4.79 Å². The number of anilines is 1. The molecule has 3 N–H and O–H groups in total. The number of rotatable bonds is 6. The second-order valence-electron chi connectivity index (χ2n) is 7.79. The lowest BCUT2D eigenvalue weighted by Crippen LogP contribution is -2.53. The van der Waals surface area contributed by atoms with Crippen LogP contribution in [0.3, 0.4) is 0 Å². The Labute approximate surface area is 191 Å². The summed E-state index contributed by atoms with van der Waals surface area (Å²) in [6, 6.07) is 14.5. The Hall–Kier alpha value is -4.01. The molecule has 9 heteroatoms. The molecule has 0 saturated carbocycles. The van der Waals surface area contributed by atoms with E-state index in [0.29, 0.717) is 43.2 Å². The van der Waals surface area contributed by atoms with E-state index in [0.717, 1.165) is 10.9 Å². The molecule has 2 heterocycles. The number of para-hydroxylation sites is 1. The molecule has 3 aromatic rings. The van der Waals surface area contributed by atoms with Crippen molar-refractivity contribution in [1.29, 1.82) is 0 Å². The molecule has 1 saturated heterocycles. The summed E-state index contributed by atoms with van der Waals surface area (Å²) >= 11 is 0. The summed E-state index contributed by atoms with van der Waals surface area (Å²) in [5.74, 6) is 0.419. The number of urea groups is 1. The fourth-order valence-electron chi connectivity index (χ4n) is 3.85. The molecule has 0 aliphatic carbocycles. The molecule has 0 unspecified atom stereocenters. The van der Waals surface area contributed by atoms with Crippen LogP contribution in [-0.4, -0.2) is 72.5 Å². The average molecular weight is 450 g/mol. The van der Waals surface area contributed by atoms with Crippen molar-refractivity contribution in [3.63, 3.8) is 0 Å². The molecule has 1 aliphatic heterocycles. The summed E-state index contributed by atoms with van der Waals surface area (Å²) in [5, 5.41) is 6.46. The van der Waals surface area contributed by atoms with Crippen LogP contribution < -0.4 is 15.4 Å². The number of aromatic nitrogens is 1. The van der Waals surface area contributed by atoms with Crippen LogP contribution in [0.25, 0.3) is 10.9 Å². The van der Waals surface area contributed by atoms with Gasteiger partial charge < -0.3 is 30.2 Å². The van der Waals surface area contributed by atoms with Gasteiger partial charge in [-0.2, -0.15) is 0 Å². The van der Waals surface area contributed by atoms with E-state index < -0.39 is 0 Å². The van der Waals surface area contributed by atoms with Crippen LogP contribution in [0.2, 0.25) is 0 Å². The van der Waals surface area contributed by atoms with Gasteiger partial charge in [-0.15, -0.1) is 0 Å². The van der Waals surface area contributed by atoms with Crippen molar-refractivity contribution >= 4 is 34.4 Å². The minimum absolute atomic E-state index is 0.0401. The highest BCUT2D eigenvalue weighted by Crippen LogP contribution is 2.20. The normalized spacial score (nSPS) is 13.6. The third-order valence-electron chi connectivity index (χ3n) is 5.66. The first-order valence-electron chi connectivity index (χ1n) is 10.9. The Kier molecular flexibility index (Phi) is 6.77. The zero-order chi connectivity index (χ0) is 23.2. The molecule has 1 aliphatic rings. The SMILES string of the molecule is COc1cccc(NC(=O)CCNC(=O)N2CCN(C(=O)c3c[nH]c4ccccc34)CC2)c1. The third kappa shape index (κ3) is 5.25. The zero-order valence-electron chi connectivity index (χ0n) is 18.5. The lowest BCUT2D eigenvalue weighted by atomic mass is 10.1. The first-order valence-corrected chi connectivity index (χ1v) is 10.9. The van der Waals surface area contributed by atoms with Gasteiger partial charge in [0.1, 0.15) is 5.75 Å². The zero-order valence-corrected chi connectivity index (χ0v) is 18.5. The van der Waals surface area contributed by atoms with Crippen molar-refractivity contribution in [1.82, 2.24) is 20.1 Å². The van der Waals surface area contributed by atoms with Crippen molar-refractivity contribution < 1.29 is 19.1 Å². The maximum atomic E-state index is 12.9. The standard InChI is InChI=1S/C24H27N5O4/c1-33-18-6-4-5-17(15-18)27-22(30)9-10-25-24(32)29-13-11-28(12-14-29)23(31)20-16-26-21-8-3-2-7-19(20)21/h2-8,15-16,26H,9-14H2,1H3,(H,25,32)(H,27,30). The average Bonchev–Trinajstić information content (AvgIpc) is 3.28. The summed E-state index contributed by atoms with van der Waals surface area (Å²) in [6.07, 6.45) is 1.89. The van der Waals surface area contributed by atoms with Crippen molar-refractivity contribution in [2.75, 3.05) is 45.2 Å². The molecular formula is C24H27N5O4. The minimum Gasteiger partial charge on any atom is -0.497 e. The van der Waals surface area contributed by atoms with Gasteiger partial charge in [0.15, 0.2) is 0 Å². The number of nitrogens with one attached hydrogen (secondary N) is 3. The molecular weight excluding hydrogens is 422 g/mol. The summed E-state index contributed by atoms with van der Waals surface area (Å²) in [4.78, 5) is 44.1. The number of piperazine rings is 1. The van der Waals surface area contributed by atoms with Crippen LogP contribution in [0.1, 0.15) is 16.8 Å². The Morgan fingerprint density at radius 2 is 1.76 bits per heavy atom. The van der Waals surface area contributed by atoms with E-state index in [1.54, 1.807) is 47.4 Å². The fourth-order valence-corrected chi connectivity index (χ4v) is 3.85. The highest BCUT2D eigenvalue weighted by Gasteiger charge is 2.26. The Balaban J connectivity index is 1.21. The number of hydrogen-bond acceptors (Lipinski definition) is 4. The molecule has 0 spiro atoms. The van der Waals surface area contributed by atoms with Gasteiger partial charge in [0.25, 0.3) is 5.91 Å². The van der Waals surface area contributed by atoms with Gasteiger partial charge >= 0.3 is 6.03 Å². The van der Waals surface area contributed by atoms with Crippen LogP contribution in [0, 0.1) is 0 Å². The number of fused-ring (bicyclic) bond motifs is 1. The third-order valence-corrected chi connectivity index (χ3v) is 5.66. The van der Waals surface area contributed by atoms with E-state index in [1.807, 2.05) is 24.3 Å². The predicted molar refractivity (Wildman–Crippen MR) is 125 cm³/mol. The van der Waals surface area contributed by atoms with Crippen LogP contribution in [0.4, 0.5) is 10.5 Å².